The number of benzene rings is 1. The van der Waals surface area contributed by atoms with E-state index in [1.54, 1.807) is 20.8 Å². The number of carbonyl (C=O) groups excluding carboxylic acids is 2. The topological polar surface area (TPSA) is 55.8 Å². The highest BCUT2D eigenvalue weighted by Crippen LogP contribution is 2.44. The van der Waals surface area contributed by atoms with Gasteiger partial charge < -0.3 is 9.16 Å². The van der Waals surface area contributed by atoms with Crippen molar-refractivity contribution in [2.24, 2.45) is 0 Å². The van der Waals surface area contributed by atoms with Crippen molar-refractivity contribution in [2.45, 2.75) is 77.4 Å². The zero-order valence-electron chi connectivity index (χ0n) is 17.1. The van der Waals surface area contributed by atoms with Crippen LogP contribution in [-0.2, 0) is 14.0 Å². The Bertz CT molecular complexity index is 673. The summed E-state index contributed by atoms with van der Waals surface area (Å²) in [5.41, 5.74) is 0.214. The minimum absolute atomic E-state index is 0.0269. The molecule has 0 saturated carbocycles. The zero-order chi connectivity index (χ0) is 19.9. The highest BCUT2D eigenvalue weighted by Gasteiger charge is 2.56. The van der Waals surface area contributed by atoms with Crippen LogP contribution in [0.5, 0.6) is 0 Å². The molecule has 6 heteroatoms. The number of amides is 2. The van der Waals surface area contributed by atoms with Crippen LogP contribution >= 0.6 is 0 Å². The van der Waals surface area contributed by atoms with E-state index in [-0.39, 0.29) is 10.9 Å². The van der Waals surface area contributed by atoms with Crippen molar-refractivity contribution in [3.8, 4) is 0 Å². The number of carbonyl (C=O) groups is 2. The quantitative estimate of drug-likeness (QED) is 0.555. The highest BCUT2D eigenvalue weighted by atomic mass is 28.4. The van der Waals surface area contributed by atoms with Crippen molar-refractivity contribution in [3.05, 3.63) is 35.9 Å². The summed E-state index contributed by atoms with van der Waals surface area (Å²) in [6, 6.07) is 9.08. The van der Waals surface area contributed by atoms with Crippen LogP contribution in [0.4, 0.5) is 4.79 Å². The van der Waals surface area contributed by atoms with Crippen LogP contribution in [0.1, 0.15) is 53.1 Å². The van der Waals surface area contributed by atoms with Gasteiger partial charge >= 0.3 is 6.09 Å². The maximum absolute atomic E-state index is 12.8. The van der Waals surface area contributed by atoms with Crippen molar-refractivity contribution < 1.29 is 18.8 Å². The first-order valence-corrected chi connectivity index (χ1v) is 11.9. The predicted octanol–water partition coefficient (Wildman–Crippen LogP) is 4.90. The molecule has 2 amide bonds. The van der Waals surface area contributed by atoms with Gasteiger partial charge in [0.25, 0.3) is 5.91 Å². The molecule has 144 valence electrons. The highest BCUT2D eigenvalue weighted by molar-refractivity contribution is 6.74. The van der Waals surface area contributed by atoms with Gasteiger partial charge in [-0.15, -0.1) is 0 Å². The van der Waals surface area contributed by atoms with Gasteiger partial charge in [-0.05, 0) is 44.5 Å². The molecule has 0 bridgehead atoms. The molecule has 2 rings (SSSR count). The van der Waals surface area contributed by atoms with Crippen LogP contribution < -0.4 is 0 Å². The van der Waals surface area contributed by atoms with Gasteiger partial charge in [0.05, 0.1) is 0 Å². The summed E-state index contributed by atoms with van der Waals surface area (Å²) in [5.74, 6) is -0.321. The molecule has 0 aliphatic carbocycles. The summed E-state index contributed by atoms with van der Waals surface area (Å²) in [6.45, 7) is 16.0. The first kappa shape index (κ1) is 20.6. The molecule has 2 unspecified atom stereocenters. The number of imide groups is 1. The summed E-state index contributed by atoms with van der Waals surface area (Å²) in [7, 11) is -2.17. The fourth-order valence-corrected chi connectivity index (χ4v) is 3.78. The molecule has 0 spiro atoms. The predicted molar refractivity (Wildman–Crippen MR) is 104 cm³/mol. The monoisotopic (exact) mass is 377 g/mol. The molecular weight excluding hydrogens is 346 g/mol. The Hall–Kier alpha value is -1.66. The van der Waals surface area contributed by atoms with E-state index >= 15 is 0 Å². The van der Waals surface area contributed by atoms with Gasteiger partial charge in [-0.2, -0.15) is 0 Å². The third-order valence-electron chi connectivity index (χ3n) is 5.00. The van der Waals surface area contributed by atoms with Crippen LogP contribution in [0.3, 0.4) is 0 Å². The molecule has 1 saturated heterocycles. The molecule has 5 nitrogen and oxygen atoms in total. The van der Waals surface area contributed by atoms with Gasteiger partial charge in [-0.25, -0.2) is 9.69 Å². The van der Waals surface area contributed by atoms with E-state index < -0.39 is 32.2 Å². The van der Waals surface area contributed by atoms with E-state index in [1.807, 2.05) is 30.3 Å². The maximum atomic E-state index is 12.8. The fourth-order valence-electron chi connectivity index (χ4n) is 2.56. The molecular formula is C20H31NO4Si. The smallest absolute Gasteiger partial charge is 0.417 e. The number of nitrogens with zero attached hydrogens (tertiary/aromatic N) is 1. The number of hydrogen-bond donors (Lipinski definition) is 0. The summed E-state index contributed by atoms with van der Waals surface area (Å²) in [4.78, 5) is 26.6. The Morgan fingerprint density at radius 1 is 1.04 bits per heavy atom. The largest absolute Gasteiger partial charge is 0.443 e. The molecule has 26 heavy (non-hydrogen) atoms. The average Bonchev–Trinajstić information content (AvgIpc) is 2.47. The van der Waals surface area contributed by atoms with Crippen LogP contribution in [0.15, 0.2) is 30.3 Å². The van der Waals surface area contributed by atoms with Crippen LogP contribution in [0.25, 0.3) is 0 Å². The van der Waals surface area contributed by atoms with Crippen molar-refractivity contribution in [3.63, 3.8) is 0 Å². The Labute approximate surface area is 157 Å². The van der Waals surface area contributed by atoms with Gasteiger partial charge in [-0.3, -0.25) is 4.79 Å². The number of ether oxygens (including phenoxy) is 1. The second-order valence-corrected chi connectivity index (χ2v) is 14.1. The van der Waals surface area contributed by atoms with E-state index in [0.717, 1.165) is 5.56 Å². The molecule has 2 atom stereocenters. The lowest BCUT2D eigenvalue weighted by molar-refractivity contribution is -0.162. The van der Waals surface area contributed by atoms with Gasteiger partial charge in [-0.1, -0.05) is 51.1 Å². The maximum Gasteiger partial charge on any atom is 0.417 e. The standard InChI is InChI=1S/C20H31NO4Si/c1-19(2,3)24-18(23)21-15(14-12-10-9-11-13-14)16(17(21)22)25-26(7,8)20(4,5)6/h9-13,15-16H,1-8H3. The van der Waals surface area contributed by atoms with Gasteiger partial charge in [0.2, 0.25) is 0 Å². The van der Waals surface area contributed by atoms with Crippen LogP contribution in [0, 0.1) is 0 Å². The first-order valence-electron chi connectivity index (χ1n) is 9.03. The fraction of sp³-hybridized carbons (Fsp3) is 0.600. The van der Waals surface area contributed by atoms with Crippen molar-refractivity contribution >= 4 is 20.3 Å². The zero-order valence-corrected chi connectivity index (χ0v) is 18.1. The molecule has 1 aliphatic heterocycles. The van der Waals surface area contributed by atoms with Crippen LogP contribution in [0.2, 0.25) is 18.1 Å². The third-order valence-corrected chi connectivity index (χ3v) is 9.46. The Morgan fingerprint density at radius 3 is 2.04 bits per heavy atom. The lowest BCUT2D eigenvalue weighted by Crippen LogP contribution is -2.65. The van der Waals surface area contributed by atoms with Crippen LogP contribution in [-0.4, -0.2) is 36.9 Å². The molecule has 0 N–H and O–H groups in total. The average molecular weight is 378 g/mol. The third kappa shape index (κ3) is 4.18. The summed E-state index contributed by atoms with van der Waals surface area (Å²) in [6.07, 6.45) is -1.27. The molecule has 1 aliphatic rings. The van der Waals surface area contributed by atoms with Crippen molar-refractivity contribution in [1.82, 2.24) is 4.90 Å². The number of hydrogen-bond acceptors (Lipinski definition) is 4. The minimum atomic E-state index is -2.17. The molecule has 1 fully saturated rings. The van der Waals surface area contributed by atoms with Gasteiger partial charge in [0.1, 0.15) is 11.6 Å². The number of β-lactam (4-membered cyclic amide) rings is 1. The summed E-state index contributed by atoms with van der Waals surface area (Å²) < 4.78 is 11.8. The number of likely N-dealkylation sites (tertiary alicyclic amines) is 1. The second-order valence-electron chi connectivity index (χ2n) is 9.34. The molecule has 1 aromatic rings. The SMILES string of the molecule is CC(C)(C)OC(=O)N1C(=O)C(O[Si](C)(C)C(C)(C)C)C1c1ccccc1. The Kier molecular flexibility index (Phi) is 5.41. The molecule has 0 radical (unpaired) electrons. The van der Waals surface area contributed by atoms with E-state index in [9.17, 15) is 9.59 Å². The Morgan fingerprint density at radius 2 is 1.58 bits per heavy atom. The van der Waals surface area contributed by atoms with Gasteiger partial charge in [0.15, 0.2) is 14.4 Å². The first-order chi connectivity index (χ1) is 11.7. The Balaban J connectivity index is 2.32. The lowest BCUT2D eigenvalue weighted by Gasteiger charge is -2.49. The molecule has 1 aromatic carbocycles. The second kappa shape index (κ2) is 6.81. The van der Waals surface area contributed by atoms with E-state index in [0.29, 0.717) is 0 Å². The van der Waals surface area contributed by atoms with E-state index in [2.05, 4.69) is 33.9 Å². The molecule has 1 heterocycles. The summed E-state index contributed by atoms with van der Waals surface area (Å²) >= 11 is 0. The lowest BCUT2D eigenvalue weighted by atomic mass is 9.91. The normalized spacial score (nSPS) is 21.4. The minimum Gasteiger partial charge on any atom is -0.443 e. The number of rotatable bonds is 3. The molecule has 0 aromatic heterocycles. The van der Waals surface area contributed by atoms with Crippen molar-refractivity contribution in [1.29, 1.82) is 0 Å². The van der Waals surface area contributed by atoms with Crippen molar-refractivity contribution in [2.75, 3.05) is 0 Å². The van der Waals surface area contributed by atoms with E-state index in [4.69, 9.17) is 9.16 Å². The summed E-state index contributed by atoms with van der Waals surface area (Å²) in [5, 5.41) is -0.0269. The van der Waals surface area contributed by atoms with E-state index in [1.165, 1.54) is 4.90 Å². The van der Waals surface area contributed by atoms with Gasteiger partial charge in [0, 0.05) is 0 Å².